The van der Waals surface area contributed by atoms with Gasteiger partial charge in [-0.25, -0.2) is 4.79 Å². The molecular formula is C21H22O2S. The van der Waals surface area contributed by atoms with Crippen LogP contribution in [0.15, 0.2) is 43.0 Å². The topological polar surface area (TPSA) is 37.3 Å². The van der Waals surface area contributed by atoms with Crippen molar-refractivity contribution in [3.63, 3.8) is 0 Å². The molecular weight excluding hydrogens is 316 g/mol. The van der Waals surface area contributed by atoms with E-state index < -0.39 is 5.97 Å². The SMILES string of the molecule is C=C(C(=O)O)c1cccc(-c2cc3c(cc2C)CSCC3(C)C)c1. The van der Waals surface area contributed by atoms with Crippen molar-refractivity contribution in [2.24, 2.45) is 0 Å². The minimum atomic E-state index is -0.979. The van der Waals surface area contributed by atoms with E-state index in [9.17, 15) is 9.90 Å². The zero-order valence-electron chi connectivity index (χ0n) is 14.3. The van der Waals surface area contributed by atoms with Crippen molar-refractivity contribution in [1.29, 1.82) is 0 Å². The summed E-state index contributed by atoms with van der Waals surface area (Å²) in [7, 11) is 0. The highest BCUT2D eigenvalue weighted by molar-refractivity contribution is 7.98. The molecule has 1 aliphatic rings. The molecule has 0 fully saturated rings. The second-order valence-electron chi connectivity index (χ2n) is 7.07. The van der Waals surface area contributed by atoms with E-state index in [1.54, 1.807) is 6.07 Å². The van der Waals surface area contributed by atoms with Crippen LogP contribution in [0.3, 0.4) is 0 Å². The fourth-order valence-electron chi connectivity index (χ4n) is 3.32. The molecule has 0 radical (unpaired) electrons. The Balaban J connectivity index is 2.12. The Morgan fingerprint density at radius 3 is 2.71 bits per heavy atom. The highest BCUT2D eigenvalue weighted by atomic mass is 32.2. The Morgan fingerprint density at radius 1 is 1.25 bits per heavy atom. The Bertz CT molecular complexity index is 834. The second kappa shape index (κ2) is 6.14. The largest absolute Gasteiger partial charge is 0.478 e. The second-order valence-corrected chi connectivity index (χ2v) is 8.05. The molecule has 1 heterocycles. The van der Waals surface area contributed by atoms with Crippen molar-refractivity contribution < 1.29 is 9.90 Å². The predicted molar refractivity (Wildman–Crippen MR) is 102 cm³/mol. The third-order valence-electron chi connectivity index (χ3n) is 4.68. The van der Waals surface area contributed by atoms with Gasteiger partial charge in [-0.3, -0.25) is 0 Å². The van der Waals surface area contributed by atoms with Crippen molar-refractivity contribution >= 4 is 23.3 Å². The zero-order chi connectivity index (χ0) is 17.5. The fourth-order valence-corrected chi connectivity index (χ4v) is 4.55. The van der Waals surface area contributed by atoms with Gasteiger partial charge in [-0.1, -0.05) is 50.8 Å². The first kappa shape index (κ1) is 16.8. The monoisotopic (exact) mass is 338 g/mol. The number of hydrogen-bond acceptors (Lipinski definition) is 2. The van der Waals surface area contributed by atoms with E-state index in [2.05, 4.69) is 39.5 Å². The molecule has 0 aromatic heterocycles. The predicted octanol–water partition coefficient (Wildman–Crippen LogP) is 5.28. The van der Waals surface area contributed by atoms with E-state index in [1.165, 1.54) is 22.3 Å². The minimum Gasteiger partial charge on any atom is -0.478 e. The van der Waals surface area contributed by atoms with Crippen LogP contribution in [0.2, 0.25) is 0 Å². The molecule has 0 saturated carbocycles. The number of carboxylic acids is 1. The Morgan fingerprint density at radius 2 is 2.00 bits per heavy atom. The highest BCUT2D eigenvalue weighted by Crippen LogP contribution is 2.41. The number of aryl methyl sites for hydroxylation is 1. The average molecular weight is 338 g/mol. The number of aliphatic carboxylic acids is 1. The lowest BCUT2D eigenvalue weighted by Crippen LogP contribution is -2.26. The van der Waals surface area contributed by atoms with Crippen LogP contribution in [0.25, 0.3) is 16.7 Å². The summed E-state index contributed by atoms with van der Waals surface area (Å²) in [5, 5.41) is 9.18. The van der Waals surface area contributed by atoms with E-state index in [1.807, 2.05) is 30.0 Å². The van der Waals surface area contributed by atoms with Gasteiger partial charge in [-0.2, -0.15) is 11.8 Å². The Hall–Kier alpha value is -2.00. The number of carbonyl (C=O) groups is 1. The van der Waals surface area contributed by atoms with Gasteiger partial charge >= 0.3 is 5.97 Å². The minimum absolute atomic E-state index is 0.129. The number of benzene rings is 2. The van der Waals surface area contributed by atoms with Gasteiger partial charge in [-0.05, 0) is 51.8 Å². The van der Waals surface area contributed by atoms with E-state index in [0.29, 0.717) is 5.56 Å². The fraction of sp³-hybridized carbons (Fsp3) is 0.286. The summed E-state index contributed by atoms with van der Waals surface area (Å²) in [4.78, 5) is 11.2. The molecule has 24 heavy (non-hydrogen) atoms. The summed E-state index contributed by atoms with van der Waals surface area (Å²) in [6.07, 6.45) is 0. The van der Waals surface area contributed by atoms with Gasteiger partial charge in [0.1, 0.15) is 0 Å². The van der Waals surface area contributed by atoms with Crippen LogP contribution in [-0.4, -0.2) is 16.8 Å². The van der Waals surface area contributed by atoms with Crippen molar-refractivity contribution in [3.05, 3.63) is 65.2 Å². The summed E-state index contributed by atoms with van der Waals surface area (Å²) in [5.74, 6) is 1.21. The van der Waals surface area contributed by atoms with Crippen molar-refractivity contribution in [1.82, 2.24) is 0 Å². The Labute approximate surface area is 147 Å². The first-order valence-electron chi connectivity index (χ1n) is 8.04. The molecule has 0 spiro atoms. The molecule has 0 saturated heterocycles. The van der Waals surface area contributed by atoms with Gasteiger partial charge in [0.15, 0.2) is 0 Å². The van der Waals surface area contributed by atoms with E-state index in [0.717, 1.165) is 17.1 Å². The van der Waals surface area contributed by atoms with Crippen LogP contribution >= 0.6 is 11.8 Å². The van der Waals surface area contributed by atoms with Crippen molar-refractivity contribution in [2.75, 3.05) is 5.75 Å². The van der Waals surface area contributed by atoms with Crippen LogP contribution < -0.4 is 0 Å². The summed E-state index contributed by atoms with van der Waals surface area (Å²) in [6, 6.07) is 12.3. The molecule has 0 atom stereocenters. The van der Waals surface area contributed by atoms with Crippen LogP contribution in [0.1, 0.15) is 36.1 Å². The van der Waals surface area contributed by atoms with Gasteiger partial charge in [0.05, 0.1) is 5.57 Å². The summed E-state index contributed by atoms with van der Waals surface area (Å²) < 4.78 is 0. The smallest absolute Gasteiger partial charge is 0.335 e. The average Bonchev–Trinajstić information content (AvgIpc) is 2.53. The molecule has 0 amide bonds. The summed E-state index contributed by atoms with van der Waals surface area (Å²) in [6.45, 7) is 10.4. The lowest BCUT2D eigenvalue weighted by atomic mass is 9.80. The van der Waals surface area contributed by atoms with Crippen LogP contribution in [0, 0.1) is 6.92 Å². The molecule has 2 aromatic carbocycles. The number of thioether (sulfide) groups is 1. The van der Waals surface area contributed by atoms with Crippen molar-refractivity contribution in [3.8, 4) is 11.1 Å². The van der Waals surface area contributed by atoms with E-state index in [4.69, 9.17) is 0 Å². The lowest BCUT2D eigenvalue weighted by Gasteiger charge is -2.33. The van der Waals surface area contributed by atoms with Crippen molar-refractivity contribution in [2.45, 2.75) is 31.9 Å². The number of fused-ring (bicyclic) bond motifs is 1. The molecule has 124 valence electrons. The molecule has 2 aromatic rings. The van der Waals surface area contributed by atoms with Crippen LogP contribution in [0.4, 0.5) is 0 Å². The third-order valence-corrected chi connectivity index (χ3v) is 6.12. The van der Waals surface area contributed by atoms with Gasteiger partial charge < -0.3 is 5.11 Å². The number of rotatable bonds is 3. The zero-order valence-corrected chi connectivity index (χ0v) is 15.2. The maximum atomic E-state index is 11.2. The standard InChI is InChI=1S/C21H22O2S/c1-13-8-17-11-24-12-21(3,4)19(17)10-18(13)16-7-5-6-15(9-16)14(2)20(22)23/h5-10H,2,11-12H2,1,3-4H3,(H,22,23). The molecule has 3 rings (SSSR count). The van der Waals surface area contributed by atoms with Crippen LogP contribution in [0.5, 0.6) is 0 Å². The summed E-state index contributed by atoms with van der Waals surface area (Å²) >= 11 is 1.99. The molecule has 0 aliphatic carbocycles. The van der Waals surface area contributed by atoms with Gasteiger partial charge in [0.25, 0.3) is 0 Å². The summed E-state index contributed by atoms with van der Waals surface area (Å²) in [5.41, 5.74) is 7.22. The molecule has 1 aliphatic heterocycles. The molecule has 0 bridgehead atoms. The van der Waals surface area contributed by atoms with Gasteiger partial charge in [0.2, 0.25) is 0 Å². The normalized spacial score (nSPS) is 15.6. The molecule has 2 nitrogen and oxygen atoms in total. The number of hydrogen-bond donors (Lipinski definition) is 1. The maximum absolute atomic E-state index is 11.2. The molecule has 0 unspecified atom stereocenters. The first-order chi connectivity index (χ1) is 11.3. The molecule has 1 N–H and O–H groups in total. The number of carboxylic acid groups (broad SMARTS) is 1. The van der Waals surface area contributed by atoms with E-state index >= 15 is 0 Å². The Kier molecular flexibility index (Phi) is 4.31. The van der Waals surface area contributed by atoms with Gasteiger partial charge in [-0.15, -0.1) is 0 Å². The lowest BCUT2D eigenvalue weighted by molar-refractivity contribution is -0.130. The van der Waals surface area contributed by atoms with E-state index in [-0.39, 0.29) is 11.0 Å². The maximum Gasteiger partial charge on any atom is 0.335 e. The first-order valence-corrected chi connectivity index (χ1v) is 9.20. The van der Waals surface area contributed by atoms with Crippen LogP contribution in [-0.2, 0) is 16.0 Å². The quantitative estimate of drug-likeness (QED) is 0.773. The highest BCUT2D eigenvalue weighted by Gasteiger charge is 2.28. The third kappa shape index (κ3) is 3.01. The molecule has 3 heteroatoms. The van der Waals surface area contributed by atoms with Gasteiger partial charge in [0, 0.05) is 11.5 Å².